The quantitative estimate of drug-likeness (QED) is 0.605. The van der Waals surface area contributed by atoms with E-state index in [-0.39, 0.29) is 11.7 Å². The predicted molar refractivity (Wildman–Crippen MR) is 103 cm³/mol. The van der Waals surface area contributed by atoms with E-state index < -0.39 is 12.5 Å². The average Bonchev–Trinajstić information content (AvgIpc) is 3.07. The van der Waals surface area contributed by atoms with Gasteiger partial charge in [-0.05, 0) is 46.7 Å². The van der Waals surface area contributed by atoms with Crippen molar-refractivity contribution in [3.05, 3.63) is 70.8 Å². The molecule has 0 fully saturated rings. The van der Waals surface area contributed by atoms with Gasteiger partial charge in [0.2, 0.25) is 0 Å². The molecule has 0 bridgehead atoms. The number of carbonyl (C=O) groups is 1. The van der Waals surface area contributed by atoms with Crippen LogP contribution in [-0.4, -0.2) is 18.3 Å². The first kappa shape index (κ1) is 19.3. The summed E-state index contributed by atoms with van der Waals surface area (Å²) in [7, 11) is 0. The number of fused-ring (bicyclic) bond motifs is 1. The zero-order valence-corrected chi connectivity index (χ0v) is 15.7. The maximum Gasteiger partial charge on any atom is 0.278 e. The second-order valence-electron chi connectivity index (χ2n) is 7.39. The number of ether oxygens (including phenoxy) is 1. The van der Waals surface area contributed by atoms with Crippen LogP contribution in [0, 0.1) is 0 Å². The fourth-order valence-corrected chi connectivity index (χ4v) is 3.28. The molecule has 1 atom stereocenters. The molecule has 1 aliphatic rings. The highest BCUT2D eigenvalue weighted by molar-refractivity contribution is 5.82. The fourth-order valence-electron chi connectivity index (χ4n) is 3.28. The third-order valence-electron chi connectivity index (χ3n) is 4.72. The van der Waals surface area contributed by atoms with Crippen molar-refractivity contribution in [2.75, 3.05) is 6.61 Å². The number of hydrogen-bond acceptors (Lipinski definition) is 2. The lowest BCUT2D eigenvalue weighted by Crippen LogP contribution is -2.20. The van der Waals surface area contributed by atoms with Gasteiger partial charge in [0.1, 0.15) is 11.5 Å². The summed E-state index contributed by atoms with van der Waals surface area (Å²) in [5.41, 5.74) is 4.57. The molecular weight excluding hydrogens is 346 g/mol. The van der Waals surface area contributed by atoms with Crippen LogP contribution in [0.2, 0.25) is 0 Å². The molecule has 0 amide bonds. The van der Waals surface area contributed by atoms with Gasteiger partial charge in [-0.25, -0.2) is 8.78 Å². The summed E-state index contributed by atoms with van der Waals surface area (Å²) in [6.45, 7) is 2.18. The van der Waals surface area contributed by atoms with E-state index in [2.05, 4.69) is 24.3 Å². The molecule has 2 aromatic rings. The van der Waals surface area contributed by atoms with Gasteiger partial charge in [-0.15, -0.1) is 0 Å². The number of ketones is 1. The van der Waals surface area contributed by atoms with Gasteiger partial charge in [0, 0.05) is 19.8 Å². The maximum absolute atomic E-state index is 12.8. The van der Waals surface area contributed by atoms with Crippen LogP contribution in [0.15, 0.2) is 48.5 Å². The number of Topliss-reactive ketones (excluding diaryl/α,β-unsaturated/α-hetero) is 1. The van der Waals surface area contributed by atoms with Crippen LogP contribution in [0.1, 0.15) is 48.4 Å². The van der Waals surface area contributed by atoms with Crippen LogP contribution in [0.5, 0.6) is 5.75 Å². The third-order valence-corrected chi connectivity index (χ3v) is 4.72. The standard InChI is InChI=1S/C23H24F2O2/c1-16(18-8-10-22(11-9-18)27-15-23(2,24)25)12-21(26)14-17-6-7-19-4-3-5-20(19)13-17/h3-4,6-11,13,16H,5,12,14-15H2,1-2H3/t16-/m0/s1. The van der Waals surface area contributed by atoms with E-state index in [1.54, 1.807) is 12.1 Å². The van der Waals surface area contributed by atoms with E-state index in [1.165, 1.54) is 11.1 Å². The van der Waals surface area contributed by atoms with Gasteiger partial charge in [-0.2, -0.15) is 0 Å². The summed E-state index contributed by atoms with van der Waals surface area (Å²) in [5, 5.41) is 0. The van der Waals surface area contributed by atoms with Crippen LogP contribution in [0.4, 0.5) is 8.78 Å². The van der Waals surface area contributed by atoms with Crippen LogP contribution in [-0.2, 0) is 17.6 Å². The smallest absolute Gasteiger partial charge is 0.278 e. The summed E-state index contributed by atoms with van der Waals surface area (Å²) in [5.74, 6) is -2.19. The number of allylic oxidation sites excluding steroid dienone is 1. The molecule has 3 rings (SSSR count). The van der Waals surface area contributed by atoms with E-state index in [0.29, 0.717) is 18.6 Å². The van der Waals surface area contributed by atoms with Crippen molar-refractivity contribution in [3.8, 4) is 5.75 Å². The van der Waals surface area contributed by atoms with Crippen molar-refractivity contribution in [2.24, 2.45) is 0 Å². The molecule has 142 valence electrons. The summed E-state index contributed by atoms with van der Waals surface area (Å²) in [6.07, 6.45) is 6.06. The highest BCUT2D eigenvalue weighted by Gasteiger charge is 2.22. The molecule has 2 aromatic carbocycles. The monoisotopic (exact) mass is 370 g/mol. The average molecular weight is 370 g/mol. The number of rotatable bonds is 8. The van der Waals surface area contributed by atoms with Gasteiger partial charge in [-0.3, -0.25) is 4.79 Å². The Labute approximate surface area is 158 Å². The summed E-state index contributed by atoms with van der Waals surface area (Å²) in [6, 6.07) is 13.2. The normalized spacial score (nSPS) is 14.1. The Kier molecular flexibility index (Phi) is 5.73. The molecule has 4 heteroatoms. The zero-order chi connectivity index (χ0) is 19.4. The summed E-state index contributed by atoms with van der Waals surface area (Å²) in [4.78, 5) is 12.5. The van der Waals surface area contributed by atoms with Crippen LogP contribution >= 0.6 is 0 Å². The molecule has 0 heterocycles. The highest BCUT2D eigenvalue weighted by Crippen LogP contribution is 2.25. The Bertz CT molecular complexity index is 832. The number of hydrogen-bond donors (Lipinski definition) is 0. The third kappa shape index (κ3) is 5.49. The Morgan fingerprint density at radius 3 is 2.63 bits per heavy atom. The molecule has 0 saturated heterocycles. The topological polar surface area (TPSA) is 26.3 Å². The molecule has 0 unspecified atom stereocenters. The van der Waals surface area contributed by atoms with E-state index in [4.69, 9.17) is 4.74 Å². The first-order valence-corrected chi connectivity index (χ1v) is 9.21. The molecule has 0 N–H and O–H groups in total. The largest absolute Gasteiger partial charge is 0.487 e. The van der Waals surface area contributed by atoms with Gasteiger partial charge >= 0.3 is 0 Å². The number of alkyl halides is 2. The molecule has 1 aliphatic carbocycles. The minimum absolute atomic E-state index is 0.0651. The summed E-state index contributed by atoms with van der Waals surface area (Å²) >= 11 is 0. The van der Waals surface area contributed by atoms with Crippen molar-refractivity contribution in [1.82, 2.24) is 0 Å². The lowest BCUT2D eigenvalue weighted by atomic mass is 9.93. The fraction of sp³-hybridized carbons (Fsp3) is 0.348. The van der Waals surface area contributed by atoms with Crippen molar-refractivity contribution < 1.29 is 18.3 Å². The van der Waals surface area contributed by atoms with E-state index in [0.717, 1.165) is 24.5 Å². The van der Waals surface area contributed by atoms with Crippen LogP contribution < -0.4 is 4.74 Å². The molecule has 0 aromatic heterocycles. The van der Waals surface area contributed by atoms with Gasteiger partial charge in [0.05, 0.1) is 0 Å². The van der Waals surface area contributed by atoms with Crippen molar-refractivity contribution in [2.45, 2.75) is 45.0 Å². The maximum atomic E-state index is 12.8. The van der Waals surface area contributed by atoms with Gasteiger partial charge < -0.3 is 4.74 Å². The minimum atomic E-state index is -2.86. The molecule has 0 radical (unpaired) electrons. The molecular formula is C23H24F2O2. The SMILES string of the molecule is C[C@@H](CC(=O)Cc1ccc2c(c1)CC=C2)c1ccc(OCC(C)(F)F)cc1. The van der Waals surface area contributed by atoms with E-state index in [1.807, 2.05) is 25.1 Å². The first-order valence-electron chi connectivity index (χ1n) is 9.21. The van der Waals surface area contributed by atoms with E-state index in [9.17, 15) is 13.6 Å². The van der Waals surface area contributed by atoms with Gasteiger partial charge in [0.15, 0.2) is 6.61 Å². The minimum Gasteiger partial charge on any atom is -0.487 e. The van der Waals surface area contributed by atoms with Gasteiger partial charge in [0.25, 0.3) is 5.92 Å². The number of benzene rings is 2. The first-order chi connectivity index (χ1) is 12.8. The van der Waals surface area contributed by atoms with Crippen molar-refractivity contribution >= 4 is 11.9 Å². The molecule has 0 spiro atoms. The predicted octanol–water partition coefficient (Wildman–Crippen LogP) is 5.60. The molecule has 0 aliphatic heterocycles. The van der Waals surface area contributed by atoms with Crippen molar-refractivity contribution in [3.63, 3.8) is 0 Å². The lowest BCUT2D eigenvalue weighted by Gasteiger charge is -2.14. The van der Waals surface area contributed by atoms with E-state index >= 15 is 0 Å². The zero-order valence-electron chi connectivity index (χ0n) is 15.7. The Morgan fingerprint density at radius 2 is 1.93 bits per heavy atom. The molecule has 27 heavy (non-hydrogen) atoms. The number of carbonyl (C=O) groups excluding carboxylic acids is 1. The highest BCUT2D eigenvalue weighted by atomic mass is 19.3. The second-order valence-corrected chi connectivity index (χ2v) is 7.39. The number of halogens is 2. The lowest BCUT2D eigenvalue weighted by molar-refractivity contribution is -0.118. The van der Waals surface area contributed by atoms with Crippen LogP contribution in [0.25, 0.3) is 6.08 Å². The summed E-state index contributed by atoms with van der Waals surface area (Å²) < 4.78 is 30.8. The second kappa shape index (κ2) is 8.03. The van der Waals surface area contributed by atoms with Crippen molar-refractivity contribution in [1.29, 1.82) is 0 Å². The molecule has 0 saturated carbocycles. The Balaban J connectivity index is 1.53. The van der Waals surface area contributed by atoms with Gasteiger partial charge in [-0.1, -0.05) is 49.4 Å². The Hall–Kier alpha value is -2.49. The Morgan fingerprint density at radius 1 is 1.19 bits per heavy atom. The van der Waals surface area contributed by atoms with Crippen LogP contribution in [0.3, 0.4) is 0 Å². The molecule has 2 nitrogen and oxygen atoms in total.